The third-order valence-electron chi connectivity index (χ3n) is 6.96. The van der Waals surface area contributed by atoms with E-state index in [1.165, 1.54) is 16.0 Å². The van der Waals surface area contributed by atoms with Gasteiger partial charge in [-0.2, -0.15) is 0 Å². The molecule has 2 amide bonds. The van der Waals surface area contributed by atoms with Crippen LogP contribution in [0.5, 0.6) is 0 Å². The molecular formula is C25H30N2O2S. The van der Waals surface area contributed by atoms with Gasteiger partial charge in [0.2, 0.25) is 11.8 Å². The minimum absolute atomic E-state index is 0.0456. The van der Waals surface area contributed by atoms with Gasteiger partial charge in [0, 0.05) is 23.4 Å². The van der Waals surface area contributed by atoms with Crippen LogP contribution >= 0.6 is 11.3 Å². The maximum absolute atomic E-state index is 13.6. The number of carbonyl (C=O) groups is 2. The molecule has 0 saturated heterocycles. The molecule has 2 heterocycles. The Labute approximate surface area is 182 Å². The Bertz CT molecular complexity index is 925. The molecule has 0 unspecified atom stereocenters. The zero-order valence-electron chi connectivity index (χ0n) is 17.7. The molecule has 0 bridgehead atoms. The summed E-state index contributed by atoms with van der Waals surface area (Å²) in [5.74, 6) is 0.454. The Morgan fingerprint density at radius 1 is 1.07 bits per heavy atom. The molecule has 1 atom stereocenters. The fraction of sp³-hybridized carbons (Fsp3) is 0.520. The van der Waals surface area contributed by atoms with Crippen molar-refractivity contribution in [1.29, 1.82) is 0 Å². The highest BCUT2D eigenvalue weighted by Gasteiger charge is 2.40. The molecule has 2 aromatic rings. The number of nitrogens with zero attached hydrogens (tertiary/aromatic N) is 2. The lowest BCUT2D eigenvalue weighted by Crippen LogP contribution is -2.48. The van der Waals surface area contributed by atoms with Gasteiger partial charge >= 0.3 is 0 Å². The standard InChI is InChI=1S/C25H30N2O2S/c1-17-6-8-18(9-7-17)24-21-13-15-30-22(21)12-14-26(24)23(28)16-27(20-10-11-20)25(29)19-4-2-3-5-19/h6-9,13,15,19-20,24H,2-5,10-12,14,16H2,1H3/t24-/m0/s1. The SMILES string of the molecule is Cc1ccc([C@H]2c3ccsc3CCN2C(=O)CN(C(=O)C2CCCC2)C2CC2)cc1. The molecule has 2 aliphatic carbocycles. The van der Waals surface area contributed by atoms with Crippen LogP contribution in [0.1, 0.15) is 66.1 Å². The highest BCUT2D eigenvalue weighted by Crippen LogP contribution is 2.39. The van der Waals surface area contributed by atoms with Crippen LogP contribution in [0.3, 0.4) is 0 Å². The summed E-state index contributed by atoms with van der Waals surface area (Å²) in [5, 5.41) is 2.14. The third-order valence-corrected chi connectivity index (χ3v) is 7.96. The lowest BCUT2D eigenvalue weighted by Gasteiger charge is -2.38. The normalized spacial score (nSPS) is 21.5. The minimum atomic E-state index is -0.0456. The number of amides is 2. The molecule has 0 radical (unpaired) electrons. The van der Waals surface area contributed by atoms with E-state index < -0.39 is 0 Å². The van der Waals surface area contributed by atoms with Crippen molar-refractivity contribution >= 4 is 23.2 Å². The fourth-order valence-electron chi connectivity index (χ4n) is 5.11. The molecular weight excluding hydrogens is 392 g/mol. The first-order valence-corrected chi connectivity index (χ1v) is 12.2. The largest absolute Gasteiger partial charge is 0.330 e. The Morgan fingerprint density at radius 2 is 1.80 bits per heavy atom. The van der Waals surface area contributed by atoms with Crippen LogP contribution in [0.15, 0.2) is 35.7 Å². The van der Waals surface area contributed by atoms with Crippen LogP contribution in [0.2, 0.25) is 0 Å². The van der Waals surface area contributed by atoms with Gasteiger partial charge in [-0.3, -0.25) is 9.59 Å². The maximum Gasteiger partial charge on any atom is 0.243 e. The van der Waals surface area contributed by atoms with Crippen LogP contribution in [-0.2, 0) is 16.0 Å². The monoisotopic (exact) mass is 422 g/mol. The summed E-state index contributed by atoms with van der Waals surface area (Å²) in [6.07, 6.45) is 7.26. The van der Waals surface area contributed by atoms with Crippen molar-refractivity contribution in [3.63, 3.8) is 0 Å². The Morgan fingerprint density at radius 3 is 2.50 bits per heavy atom. The molecule has 2 fully saturated rings. The number of rotatable bonds is 5. The fourth-order valence-corrected chi connectivity index (χ4v) is 6.01. The third kappa shape index (κ3) is 3.80. The van der Waals surface area contributed by atoms with Crippen LogP contribution in [0, 0.1) is 12.8 Å². The first kappa shape index (κ1) is 19.8. The van der Waals surface area contributed by atoms with Crippen LogP contribution in [0.25, 0.3) is 0 Å². The van der Waals surface area contributed by atoms with Gasteiger partial charge in [-0.05, 0) is 61.6 Å². The Hall–Kier alpha value is -2.14. The zero-order valence-corrected chi connectivity index (χ0v) is 18.5. The number of aryl methyl sites for hydroxylation is 1. The van der Waals surface area contributed by atoms with Crippen LogP contribution in [0.4, 0.5) is 0 Å². The molecule has 0 N–H and O–H groups in total. The topological polar surface area (TPSA) is 40.6 Å². The molecule has 1 aromatic heterocycles. The van der Waals surface area contributed by atoms with Gasteiger partial charge in [0.1, 0.15) is 6.54 Å². The second-order valence-corrected chi connectivity index (χ2v) is 10.1. The maximum atomic E-state index is 13.6. The Kier molecular flexibility index (Phi) is 5.40. The second-order valence-electron chi connectivity index (χ2n) is 9.13. The van der Waals surface area contributed by atoms with Crippen molar-refractivity contribution in [3.05, 3.63) is 57.3 Å². The van der Waals surface area contributed by atoms with E-state index in [0.717, 1.165) is 57.1 Å². The molecule has 5 heteroatoms. The van der Waals surface area contributed by atoms with Gasteiger partial charge in [-0.15, -0.1) is 11.3 Å². The summed E-state index contributed by atoms with van der Waals surface area (Å²) < 4.78 is 0. The summed E-state index contributed by atoms with van der Waals surface area (Å²) >= 11 is 1.79. The first-order chi connectivity index (χ1) is 14.6. The molecule has 158 valence electrons. The average molecular weight is 423 g/mol. The quantitative estimate of drug-likeness (QED) is 0.700. The molecule has 1 aromatic carbocycles. The first-order valence-electron chi connectivity index (χ1n) is 11.3. The van der Waals surface area contributed by atoms with Crippen molar-refractivity contribution in [2.24, 2.45) is 5.92 Å². The summed E-state index contributed by atoms with van der Waals surface area (Å²) in [6.45, 7) is 3.05. The van der Waals surface area contributed by atoms with Gasteiger partial charge in [-0.1, -0.05) is 42.7 Å². The lowest BCUT2D eigenvalue weighted by molar-refractivity contribution is -0.144. The highest BCUT2D eigenvalue weighted by atomic mass is 32.1. The van der Waals surface area contributed by atoms with Gasteiger partial charge in [-0.25, -0.2) is 0 Å². The second kappa shape index (κ2) is 8.18. The number of benzene rings is 1. The predicted molar refractivity (Wildman–Crippen MR) is 119 cm³/mol. The number of fused-ring (bicyclic) bond motifs is 1. The number of hydrogen-bond donors (Lipinski definition) is 0. The van der Waals surface area contributed by atoms with E-state index in [1.807, 2.05) is 9.80 Å². The van der Waals surface area contributed by atoms with Crippen molar-refractivity contribution in [1.82, 2.24) is 9.80 Å². The smallest absolute Gasteiger partial charge is 0.243 e. The molecule has 4 nitrogen and oxygen atoms in total. The molecule has 30 heavy (non-hydrogen) atoms. The van der Waals surface area contributed by atoms with Crippen molar-refractivity contribution < 1.29 is 9.59 Å². The Balaban J connectivity index is 1.40. The molecule has 3 aliphatic rings. The lowest BCUT2D eigenvalue weighted by atomic mass is 9.92. The van der Waals surface area contributed by atoms with Crippen molar-refractivity contribution in [3.8, 4) is 0 Å². The molecule has 5 rings (SSSR count). The zero-order chi connectivity index (χ0) is 20.7. The summed E-state index contributed by atoms with van der Waals surface area (Å²) in [5.41, 5.74) is 3.64. The van der Waals surface area contributed by atoms with E-state index >= 15 is 0 Å². The van der Waals surface area contributed by atoms with Gasteiger partial charge < -0.3 is 9.80 Å². The van der Waals surface area contributed by atoms with E-state index in [1.54, 1.807) is 11.3 Å². The number of hydrogen-bond acceptors (Lipinski definition) is 3. The van der Waals surface area contributed by atoms with Gasteiger partial charge in [0.15, 0.2) is 0 Å². The van der Waals surface area contributed by atoms with Crippen LogP contribution in [-0.4, -0.2) is 40.7 Å². The van der Waals surface area contributed by atoms with E-state index in [2.05, 4.69) is 42.6 Å². The molecule has 2 saturated carbocycles. The van der Waals surface area contributed by atoms with E-state index in [4.69, 9.17) is 0 Å². The van der Waals surface area contributed by atoms with Crippen molar-refractivity contribution in [2.75, 3.05) is 13.1 Å². The van der Waals surface area contributed by atoms with E-state index in [0.29, 0.717) is 0 Å². The summed E-state index contributed by atoms with van der Waals surface area (Å²) in [7, 11) is 0. The van der Waals surface area contributed by atoms with E-state index in [-0.39, 0.29) is 36.4 Å². The number of carbonyl (C=O) groups excluding carboxylic acids is 2. The van der Waals surface area contributed by atoms with Gasteiger partial charge in [0.25, 0.3) is 0 Å². The van der Waals surface area contributed by atoms with E-state index in [9.17, 15) is 9.59 Å². The predicted octanol–water partition coefficient (Wildman–Crippen LogP) is 4.71. The number of thiophene rings is 1. The summed E-state index contributed by atoms with van der Waals surface area (Å²) in [4.78, 5) is 32.1. The molecule has 1 aliphatic heterocycles. The average Bonchev–Trinajstić information content (AvgIpc) is 3.24. The van der Waals surface area contributed by atoms with Crippen LogP contribution < -0.4 is 0 Å². The highest BCUT2D eigenvalue weighted by molar-refractivity contribution is 7.10. The van der Waals surface area contributed by atoms with Crippen molar-refractivity contribution in [2.45, 2.75) is 64.0 Å². The summed E-state index contributed by atoms with van der Waals surface area (Å²) in [6, 6.07) is 11.0. The van der Waals surface area contributed by atoms with Gasteiger partial charge in [0.05, 0.1) is 6.04 Å². The molecule has 0 spiro atoms. The minimum Gasteiger partial charge on any atom is -0.330 e.